The SMILES string of the molecule is Cc1occc1CN(C)c1ccc(C#N)c([N+](=O)[O-])c1. The molecule has 0 N–H and O–H groups in total. The Morgan fingerprint density at radius 1 is 1.45 bits per heavy atom. The maximum absolute atomic E-state index is 10.9. The molecule has 0 spiro atoms. The minimum Gasteiger partial charge on any atom is -0.469 e. The summed E-state index contributed by atoms with van der Waals surface area (Å²) >= 11 is 0. The molecule has 0 unspecified atom stereocenters. The second-order valence-electron chi connectivity index (χ2n) is 4.43. The van der Waals surface area contributed by atoms with Gasteiger partial charge in [0.25, 0.3) is 5.69 Å². The van der Waals surface area contributed by atoms with Crippen molar-refractivity contribution in [3.63, 3.8) is 0 Å². The van der Waals surface area contributed by atoms with E-state index in [4.69, 9.17) is 9.68 Å². The molecule has 0 aliphatic carbocycles. The maximum Gasteiger partial charge on any atom is 0.289 e. The smallest absolute Gasteiger partial charge is 0.289 e. The number of benzene rings is 1. The predicted octanol–water partition coefficient (Wildman–Crippen LogP) is 3.00. The van der Waals surface area contributed by atoms with Crippen LogP contribution in [0.5, 0.6) is 0 Å². The Morgan fingerprint density at radius 2 is 2.20 bits per heavy atom. The highest BCUT2D eigenvalue weighted by Crippen LogP contribution is 2.26. The molecule has 0 bridgehead atoms. The molecule has 2 rings (SSSR count). The van der Waals surface area contributed by atoms with Crippen LogP contribution in [0.3, 0.4) is 0 Å². The summed E-state index contributed by atoms with van der Waals surface area (Å²) in [6.07, 6.45) is 1.61. The predicted molar refractivity (Wildman–Crippen MR) is 73.4 cm³/mol. The topological polar surface area (TPSA) is 83.3 Å². The number of rotatable bonds is 4. The molecule has 0 radical (unpaired) electrons. The highest BCUT2D eigenvalue weighted by atomic mass is 16.6. The zero-order valence-corrected chi connectivity index (χ0v) is 11.2. The number of anilines is 1. The van der Waals surface area contributed by atoms with Crippen LogP contribution in [0.15, 0.2) is 34.9 Å². The molecular formula is C14H13N3O3. The molecule has 0 amide bonds. The van der Waals surface area contributed by atoms with Crippen molar-refractivity contribution in [2.24, 2.45) is 0 Å². The first-order chi connectivity index (χ1) is 9.52. The zero-order valence-electron chi connectivity index (χ0n) is 11.2. The molecular weight excluding hydrogens is 258 g/mol. The van der Waals surface area contributed by atoms with Crippen molar-refractivity contribution in [1.82, 2.24) is 0 Å². The molecule has 0 fully saturated rings. The highest BCUT2D eigenvalue weighted by molar-refractivity contribution is 5.60. The van der Waals surface area contributed by atoms with Crippen molar-refractivity contribution in [2.75, 3.05) is 11.9 Å². The van der Waals surface area contributed by atoms with Gasteiger partial charge in [-0.3, -0.25) is 10.1 Å². The summed E-state index contributed by atoms with van der Waals surface area (Å²) in [5.41, 5.74) is 1.57. The van der Waals surface area contributed by atoms with Gasteiger partial charge in [-0.1, -0.05) is 0 Å². The minimum absolute atomic E-state index is 0.0617. The molecule has 0 atom stereocenters. The fourth-order valence-corrected chi connectivity index (χ4v) is 1.93. The van der Waals surface area contributed by atoms with Gasteiger partial charge in [-0.05, 0) is 25.1 Å². The van der Waals surface area contributed by atoms with Gasteiger partial charge in [0.15, 0.2) is 0 Å². The van der Waals surface area contributed by atoms with E-state index in [0.29, 0.717) is 12.2 Å². The molecule has 20 heavy (non-hydrogen) atoms. The van der Waals surface area contributed by atoms with Gasteiger partial charge >= 0.3 is 0 Å². The third kappa shape index (κ3) is 2.62. The first-order valence-corrected chi connectivity index (χ1v) is 5.95. The van der Waals surface area contributed by atoms with Gasteiger partial charge < -0.3 is 9.32 Å². The summed E-state index contributed by atoms with van der Waals surface area (Å²) in [7, 11) is 1.83. The largest absolute Gasteiger partial charge is 0.469 e. The van der Waals surface area contributed by atoms with Crippen LogP contribution in [0.25, 0.3) is 0 Å². The molecule has 6 nitrogen and oxygen atoms in total. The van der Waals surface area contributed by atoms with Gasteiger partial charge in [-0.2, -0.15) is 5.26 Å². The first-order valence-electron chi connectivity index (χ1n) is 5.95. The number of hydrogen-bond acceptors (Lipinski definition) is 5. The first kappa shape index (κ1) is 13.6. The van der Waals surface area contributed by atoms with Crippen LogP contribution >= 0.6 is 0 Å². The lowest BCUT2D eigenvalue weighted by molar-refractivity contribution is -0.385. The van der Waals surface area contributed by atoms with Crippen molar-refractivity contribution in [3.05, 3.63) is 57.5 Å². The van der Waals surface area contributed by atoms with E-state index in [1.54, 1.807) is 12.3 Å². The van der Waals surface area contributed by atoms with Gasteiger partial charge in [0.05, 0.1) is 11.2 Å². The van der Waals surface area contributed by atoms with Crippen molar-refractivity contribution < 1.29 is 9.34 Å². The number of aryl methyl sites for hydroxylation is 1. The average molecular weight is 271 g/mol. The summed E-state index contributed by atoms with van der Waals surface area (Å²) in [6, 6.07) is 8.26. The standard InChI is InChI=1S/C14H13N3O3/c1-10-12(5-6-20-10)9-16(2)13-4-3-11(8-15)14(7-13)17(18)19/h3-7H,9H2,1-2H3. The lowest BCUT2D eigenvalue weighted by Gasteiger charge is -2.18. The third-order valence-corrected chi connectivity index (χ3v) is 3.11. The molecule has 0 saturated carbocycles. The summed E-state index contributed by atoms with van der Waals surface area (Å²) in [5.74, 6) is 0.819. The van der Waals surface area contributed by atoms with Crippen LogP contribution in [0, 0.1) is 28.4 Å². The van der Waals surface area contributed by atoms with E-state index in [9.17, 15) is 10.1 Å². The monoisotopic (exact) mass is 271 g/mol. The Balaban J connectivity index is 2.29. The average Bonchev–Trinajstić information content (AvgIpc) is 2.83. The van der Waals surface area contributed by atoms with Crippen LogP contribution < -0.4 is 4.90 Å². The fraction of sp³-hybridized carbons (Fsp3) is 0.214. The minimum atomic E-state index is -0.543. The summed E-state index contributed by atoms with van der Waals surface area (Å²) in [6.45, 7) is 2.44. The molecule has 6 heteroatoms. The van der Waals surface area contributed by atoms with Gasteiger partial charge in [-0.15, -0.1) is 0 Å². The van der Waals surface area contributed by atoms with Gasteiger partial charge in [-0.25, -0.2) is 0 Å². The van der Waals surface area contributed by atoms with Crippen LogP contribution in [0.4, 0.5) is 11.4 Å². The van der Waals surface area contributed by atoms with Crippen LogP contribution in [0.2, 0.25) is 0 Å². The second kappa shape index (κ2) is 5.45. The Labute approximate surface area is 116 Å². The van der Waals surface area contributed by atoms with E-state index in [0.717, 1.165) is 11.3 Å². The number of hydrogen-bond donors (Lipinski definition) is 0. The molecule has 1 aromatic heterocycles. The quantitative estimate of drug-likeness (QED) is 0.630. The van der Waals surface area contributed by atoms with Crippen LogP contribution in [-0.4, -0.2) is 12.0 Å². The Morgan fingerprint density at radius 3 is 2.75 bits per heavy atom. The van der Waals surface area contributed by atoms with E-state index in [1.807, 2.05) is 31.0 Å². The van der Waals surface area contributed by atoms with E-state index in [2.05, 4.69) is 0 Å². The number of nitro benzene ring substituents is 1. The van der Waals surface area contributed by atoms with E-state index >= 15 is 0 Å². The third-order valence-electron chi connectivity index (χ3n) is 3.11. The van der Waals surface area contributed by atoms with Crippen molar-refractivity contribution in [3.8, 4) is 6.07 Å². The van der Waals surface area contributed by atoms with E-state index in [-0.39, 0.29) is 11.3 Å². The number of nitrogens with zero attached hydrogens (tertiary/aromatic N) is 3. The normalized spacial score (nSPS) is 10.1. The summed E-state index contributed by atoms with van der Waals surface area (Å²) < 4.78 is 5.22. The molecule has 2 aromatic rings. The number of furan rings is 1. The Hall–Kier alpha value is -2.81. The maximum atomic E-state index is 10.9. The molecule has 1 aromatic carbocycles. The lowest BCUT2D eigenvalue weighted by Crippen LogP contribution is -2.16. The van der Waals surface area contributed by atoms with E-state index < -0.39 is 4.92 Å². The summed E-state index contributed by atoms with van der Waals surface area (Å²) in [4.78, 5) is 12.3. The molecule has 0 aliphatic heterocycles. The lowest BCUT2D eigenvalue weighted by atomic mass is 10.1. The Bertz CT molecular complexity index is 685. The van der Waals surface area contributed by atoms with Crippen molar-refractivity contribution in [2.45, 2.75) is 13.5 Å². The zero-order chi connectivity index (χ0) is 14.7. The van der Waals surface area contributed by atoms with Gasteiger partial charge in [0, 0.05) is 30.9 Å². The molecule has 102 valence electrons. The second-order valence-corrected chi connectivity index (χ2v) is 4.43. The van der Waals surface area contributed by atoms with Crippen molar-refractivity contribution >= 4 is 11.4 Å². The van der Waals surface area contributed by atoms with Crippen LogP contribution in [0.1, 0.15) is 16.9 Å². The van der Waals surface area contributed by atoms with Gasteiger partial charge in [0.2, 0.25) is 0 Å². The number of nitro groups is 1. The van der Waals surface area contributed by atoms with Gasteiger partial charge in [0.1, 0.15) is 17.4 Å². The molecule has 0 saturated heterocycles. The van der Waals surface area contributed by atoms with Crippen LogP contribution in [-0.2, 0) is 6.54 Å². The summed E-state index contributed by atoms with van der Waals surface area (Å²) in [5, 5.41) is 19.8. The Kier molecular flexibility index (Phi) is 3.71. The fourth-order valence-electron chi connectivity index (χ4n) is 1.93. The van der Waals surface area contributed by atoms with Crippen molar-refractivity contribution in [1.29, 1.82) is 5.26 Å². The number of nitriles is 1. The molecule has 1 heterocycles. The molecule has 0 aliphatic rings. The highest BCUT2D eigenvalue weighted by Gasteiger charge is 2.16. The van der Waals surface area contributed by atoms with E-state index in [1.165, 1.54) is 12.1 Å².